The maximum absolute atomic E-state index is 13.3. The number of amides is 2. The third-order valence-electron chi connectivity index (χ3n) is 3.71. The highest BCUT2D eigenvalue weighted by Gasteiger charge is 2.13. The van der Waals surface area contributed by atoms with Crippen LogP contribution in [0.1, 0.15) is 35.2 Å². The number of hydrogen-bond acceptors (Lipinski definition) is 1. The van der Waals surface area contributed by atoms with Crippen molar-refractivity contribution in [2.24, 2.45) is 0 Å². The van der Waals surface area contributed by atoms with Crippen LogP contribution in [0.4, 0.5) is 19.3 Å². The minimum atomic E-state index is -0.929. The van der Waals surface area contributed by atoms with Crippen molar-refractivity contribution in [2.75, 3.05) is 5.32 Å². The molecular formula is C18H20F2N2O. The van der Waals surface area contributed by atoms with Crippen molar-refractivity contribution in [2.45, 2.75) is 33.7 Å². The van der Waals surface area contributed by atoms with Crippen LogP contribution in [0.15, 0.2) is 30.3 Å². The second-order valence-corrected chi connectivity index (χ2v) is 5.77. The lowest BCUT2D eigenvalue weighted by Crippen LogP contribution is -2.31. The normalized spacial score (nSPS) is 11.9. The molecule has 2 aromatic carbocycles. The first-order valence-electron chi connectivity index (χ1n) is 7.38. The molecule has 1 atom stereocenters. The molecule has 23 heavy (non-hydrogen) atoms. The highest BCUT2D eigenvalue weighted by Crippen LogP contribution is 2.22. The summed E-state index contributed by atoms with van der Waals surface area (Å²) in [5, 5.41) is 5.54. The van der Waals surface area contributed by atoms with E-state index < -0.39 is 23.7 Å². The molecule has 0 saturated carbocycles. The average molecular weight is 318 g/mol. The van der Waals surface area contributed by atoms with Gasteiger partial charge in [-0.3, -0.25) is 0 Å². The number of carbonyl (C=O) groups excluding carboxylic acids is 1. The SMILES string of the molecule is Cc1cc(C)c(NC(=O)N[C@@H](C)c2ccc(F)c(F)c2)c(C)c1. The minimum absolute atomic E-state index is 0.391. The number of rotatable bonds is 3. The number of hydrogen-bond donors (Lipinski definition) is 2. The summed E-state index contributed by atoms with van der Waals surface area (Å²) in [7, 11) is 0. The Bertz CT molecular complexity index is 721. The van der Waals surface area contributed by atoms with Gasteiger partial charge in [0.1, 0.15) is 0 Å². The summed E-state index contributed by atoms with van der Waals surface area (Å²) in [6.45, 7) is 7.55. The number of urea groups is 1. The fourth-order valence-corrected chi connectivity index (χ4v) is 2.59. The van der Waals surface area contributed by atoms with E-state index in [2.05, 4.69) is 10.6 Å². The summed E-state index contributed by atoms with van der Waals surface area (Å²) < 4.78 is 26.2. The van der Waals surface area contributed by atoms with Crippen LogP contribution in [-0.4, -0.2) is 6.03 Å². The summed E-state index contributed by atoms with van der Waals surface area (Å²) in [6, 6.07) is 6.72. The van der Waals surface area contributed by atoms with Crippen LogP contribution in [-0.2, 0) is 0 Å². The molecule has 0 unspecified atom stereocenters. The van der Waals surface area contributed by atoms with E-state index in [1.807, 2.05) is 32.9 Å². The number of anilines is 1. The molecule has 0 spiro atoms. The van der Waals surface area contributed by atoms with Gasteiger partial charge in [-0.1, -0.05) is 23.8 Å². The van der Waals surface area contributed by atoms with Gasteiger partial charge < -0.3 is 10.6 Å². The van der Waals surface area contributed by atoms with Crippen LogP contribution in [0, 0.1) is 32.4 Å². The number of aryl methyl sites for hydroxylation is 3. The highest BCUT2D eigenvalue weighted by molar-refractivity contribution is 5.91. The average Bonchev–Trinajstić information content (AvgIpc) is 2.45. The predicted molar refractivity (Wildman–Crippen MR) is 87.6 cm³/mol. The second kappa shape index (κ2) is 6.77. The van der Waals surface area contributed by atoms with Crippen molar-refractivity contribution in [3.8, 4) is 0 Å². The van der Waals surface area contributed by atoms with Crippen molar-refractivity contribution >= 4 is 11.7 Å². The van der Waals surface area contributed by atoms with Crippen molar-refractivity contribution < 1.29 is 13.6 Å². The molecule has 0 bridgehead atoms. The monoisotopic (exact) mass is 318 g/mol. The number of nitrogens with one attached hydrogen (secondary N) is 2. The molecule has 0 fully saturated rings. The molecule has 0 aliphatic carbocycles. The van der Waals surface area contributed by atoms with Gasteiger partial charge in [0, 0.05) is 5.69 Å². The zero-order valence-corrected chi connectivity index (χ0v) is 13.6. The summed E-state index contributed by atoms with van der Waals surface area (Å²) in [4.78, 5) is 12.1. The zero-order chi connectivity index (χ0) is 17.1. The van der Waals surface area contributed by atoms with Gasteiger partial charge in [0.25, 0.3) is 0 Å². The van der Waals surface area contributed by atoms with Crippen molar-refractivity contribution in [3.05, 3.63) is 64.2 Å². The highest BCUT2D eigenvalue weighted by atomic mass is 19.2. The lowest BCUT2D eigenvalue weighted by molar-refractivity contribution is 0.249. The molecule has 122 valence electrons. The maximum Gasteiger partial charge on any atom is 0.319 e. The van der Waals surface area contributed by atoms with E-state index in [1.165, 1.54) is 6.07 Å². The fourth-order valence-electron chi connectivity index (χ4n) is 2.59. The molecule has 0 heterocycles. The van der Waals surface area contributed by atoms with Crippen molar-refractivity contribution in [1.82, 2.24) is 5.32 Å². The van der Waals surface area contributed by atoms with Gasteiger partial charge in [-0.15, -0.1) is 0 Å². The Morgan fingerprint density at radius 2 is 1.61 bits per heavy atom. The zero-order valence-electron chi connectivity index (χ0n) is 13.6. The van der Waals surface area contributed by atoms with E-state index in [0.717, 1.165) is 34.5 Å². The topological polar surface area (TPSA) is 41.1 Å². The van der Waals surface area contributed by atoms with Gasteiger partial charge in [-0.2, -0.15) is 0 Å². The standard InChI is InChI=1S/C18H20F2N2O/c1-10-7-11(2)17(12(3)8-10)22-18(23)21-13(4)14-5-6-15(19)16(20)9-14/h5-9,13H,1-4H3,(H2,21,22,23)/t13-/m0/s1. The van der Waals surface area contributed by atoms with Crippen molar-refractivity contribution in [3.63, 3.8) is 0 Å². The summed E-state index contributed by atoms with van der Waals surface area (Å²) in [6.07, 6.45) is 0. The van der Waals surface area contributed by atoms with Gasteiger partial charge in [-0.25, -0.2) is 13.6 Å². The first-order valence-corrected chi connectivity index (χ1v) is 7.38. The number of benzene rings is 2. The number of carbonyl (C=O) groups is 1. The molecule has 0 aromatic heterocycles. The molecule has 2 rings (SSSR count). The lowest BCUT2D eigenvalue weighted by Gasteiger charge is -2.17. The Morgan fingerprint density at radius 3 is 2.17 bits per heavy atom. The molecular weight excluding hydrogens is 298 g/mol. The molecule has 5 heteroatoms. The lowest BCUT2D eigenvalue weighted by atomic mass is 10.1. The Labute approximate surface area is 134 Å². The largest absolute Gasteiger partial charge is 0.331 e. The molecule has 2 amide bonds. The van der Waals surface area contributed by atoms with Gasteiger partial charge in [0.15, 0.2) is 11.6 Å². The Balaban J connectivity index is 2.09. The van der Waals surface area contributed by atoms with Gasteiger partial charge in [-0.05, 0) is 56.5 Å². The molecule has 0 radical (unpaired) electrons. The molecule has 0 aliphatic heterocycles. The summed E-state index contributed by atoms with van der Waals surface area (Å²) >= 11 is 0. The maximum atomic E-state index is 13.3. The van der Waals surface area contributed by atoms with Crippen LogP contribution >= 0.6 is 0 Å². The van der Waals surface area contributed by atoms with E-state index in [-0.39, 0.29) is 0 Å². The summed E-state index contributed by atoms with van der Waals surface area (Å²) in [5.74, 6) is -1.84. The fraction of sp³-hybridized carbons (Fsp3) is 0.278. The third kappa shape index (κ3) is 4.06. The molecule has 0 saturated heterocycles. The Morgan fingerprint density at radius 1 is 1.00 bits per heavy atom. The van der Waals surface area contributed by atoms with Crippen LogP contribution < -0.4 is 10.6 Å². The molecule has 2 N–H and O–H groups in total. The molecule has 2 aromatic rings. The van der Waals surface area contributed by atoms with E-state index >= 15 is 0 Å². The first kappa shape index (κ1) is 16.9. The predicted octanol–water partition coefficient (Wildman–Crippen LogP) is 4.77. The van der Waals surface area contributed by atoms with Gasteiger partial charge in [0.05, 0.1) is 6.04 Å². The molecule has 3 nitrogen and oxygen atoms in total. The van der Waals surface area contributed by atoms with Crippen LogP contribution in [0.2, 0.25) is 0 Å². The quantitative estimate of drug-likeness (QED) is 0.840. The van der Waals surface area contributed by atoms with Crippen LogP contribution in [0.5, 0.6) is 0 Å². The van der Waals surface area contributed by atoms with Crippen molar-refractivity contribution in [1.29, 1.82) is 0 Å². The smallest absolute Gasteiger partial charge is 0.319 e. The summed E-state index contributed by atoms with van der Waals surface area (Å²) in [5.41, 5.74) is 4.32. The Hall–Kier alpha value is -2.43. The third-order valence-corrected chi connectivity index (χ3v) is 3.71. The second-order valence-electron chi connectivity index (χ2n) is 5.77. The van der Waals surface area contributed by atoms with E-state index in [4.69, 9.17) is 0 Å². The van der Waals surface area contributed by atoms with Crippen LogP contribution in [0.25, 0.3) is 0 Å². The van der Waals surface area contributed by atoms with Gasteiger partial charge >= 0.3 is 6.03 Å². The first-order chi connectivity index (χ1) is 10.8. The van der Waals surface area contributed by atoms with Crippen LogP contribution in [0.3, 0.4) is 0 Å². The van der Waals surface area contributed by atoms with E-state index in [0.29, 0.717) is 5.56 Å². The Kier molecular flexibility index (Phi) is 4.98. The van der Waals surface area contributed by atoms with E-state index in [1.54, 1.807) is 6.92 Å². The molecule has 0 aliphatic rings. The van der Waals surface area contributed by atoms with E-state index in [9.17, 15) is 13.6 Å². The number of halogens is 2. The van der Waals surface area contributed by atoms with Gasteiger partial charge in [0.2, 0.25) is 0 Å². The minimum Gasteiger partial charge on any atom is -0.331 e.